The van der Waals surface area contributed by atoms with Crippen LogP contribution in [-0.4, -0.2) is 25.9 Å². The highest BCUT2D eigenvalue weighted by molar-refractivity contribution is 6.23. The molecule has 1 aromatic carbocycles. The number of rotatable bonds is 2. The molecule has 3 aromatic rings. The molecule has 9 heteroatoms. The summed E-state index contributed by atoms with van der Waals surface area (Å²) < 4.78 is 17.2. The summed E-state index contributed by atoms with van der Waals surface area (Å²) in [6.45, 7) is 1.73. The fourth-order valence-corrected chi connectivity index (χ4v) is 3.01. The Labute approximate surface area is 145 Å². The molecule has 0 fully saturated rings. The third kappa shape index (κ3) is 2.14. The number of imide groups is 1. The van der Waals surface area contributed by atoms with Gasteiger partial charge < -0.3 is 10.3 Å². The van der Waals surface area contributed by atoms with Crippen LogP contribution >= 0.6 is 0 Å². The predicted molar refractivity (Wildman–Crippen MR) is 90.1 cm³/mol. The molecule has 2 aromatic heterocycles. The Balaban J connectivity index is 1.90. The minimum absolute atomic E-state index is 0.0834. The van der Waals surface area contributed by atoms with Gasteiger partial charge in [0.2, 0.25) is 0 Å². The lowest BCUT2D eigenvalue weighted by atomic mass is 10.1. The molecule has 0 radical (unpaired) electrons. The van der Waals surface area contributed by atoms with Crippen LogP contribution < -0.4 is 16.6 Å². The van der Waals surface area contributed by atoms with Crippen molar-refractivity contribution in [1.82, 2.24) is 19.4 Å². The molecule has 0 unspecified atom stereocenters. The average Bonchev–Trinajstić information content (AvgIpc) is 3.11. The summed E-state index contributed by atoms with van der Waals surface area (Å²) in [5.74, 6) is -1.60. The molecule has 0 aliphatic carbocycles. The van der Waals surface area contributed by atoms with Gasteiger partial charge in [-0.25, -0.2) is 9.37 Å². The smallest absolute Gasteiger partial charge is 0.262 e. The summed E-state index contributed by atoms with van der Waals surface area (Å²) in [5.41, 5.74) is 5.52. The molecule has 4 rings (SSSR count). The molecule has 0 saturated carbocycles. The van der Waals surface area contributed by atoms with Crippen molar-refractivity contribution in [3.8, 4) is 11.4 Å². The van der Waals surface area contributed by atoms with Gasteiger partial charge in [-0.15, -0.1) is 0 Å². The maximum absolute atomic E-state index is 14.6. The maximum Gasteiger partial charge on any atom is 0.262 e. The number of nitrogens with one attached hydrogen (secondary N) is 1. The highest BCUT2D eigenvalue weighted by atomic mass is 19.1. The molecule has 8 nitrogen and oxygen atoms in total. The number of nitrogens with zero attached hydrogens (tertiary/aromatic N) is 3. The summed E-state index contributed by atoms with van der Waals surface area (Å²) in [5, 5.41) is 2.08. The van der Waals surface area contributed by atoms with E-state index in [-0.39, 0.29) is 28.3 Å². The fourth-order valence-electron chi connectivity index (χ4n) is 3.01. The minimum atomic E-state index is -0.692. The quantitative estimate of drug-likeness (QED) is 0.666. The van der Waals surface area contributed by atoms with E-state index in [1.54, 1.807) is 23.9 Å². The van der Waals surface area contributed by atoms with E-state index in [2.05, 4.69) is 10.3 Å². The van der Waals surface area contributed by atoms with E-state index in [0.29, 0.717) is 5.82 Å². The zero-order valence-corrected chi connectivity index (χ0v) is 13.5. The molecule has 0 bridgehead atoms. The molecule has 0 saturated heterocycles. The number of pyridine rings is 1. The minimum Gasteiger partial charge on any atom is -0.384 e. The molecule has 1 aliphatic heterocycles. The number of benzene rings is 1. The molecule has 2 amide bonds. The van der Waals surface area contributed by atoms with Crippen molar-refractivity contribution in [3.05, 3.63) is 69.8 Å². The van der Waals surface area contributed by atoms with Gasteiger partial charge in [-0.1, -0.05) is 0 Å². The van der Waals surface area contributed by atoms with E-state index < -0.39 is 23.2 Å². The molecule has 0 spiro atoms. The first-order valence-corrected chi connectivity index (χ1v) is 7.60. The van der Waals surface area contributed by atoms with Gasteiger partial charge in [0.1, 0.15) is 17.5 Å². The highest BCUT2D eigenvalue weighted by Crippen LogP contribution is 2.24. The van der Waals surface area contributed by atoms with Crippen molar-refractivity contribution in [1.29, 1.82) is 0 Å². The zero-order chi connectivity index (χ0) is 18.6. The number of fused-ring (bicyclic) bond motifs is 1. The van der Waals surface area contributed by atoms with Crippen LogP contribution in [0.25, 0.3) is 11.4 Å². The summed E-state index contributed by atoms with van der Waals surface area (Å²) in [7, 11) is 0. The normalized spacial score (nSPS) is 13.0. The average molecular weight is 353 g/mol. The Kier molecular flexibility index (Phi) is 3.26. The van der Waals surface area contributed by atoms with Gasteiger partial charge in [-0.05, 0) is 19.1 Å². The van der Waals surface area contributed by atoms with Crippen molar-refractivity contribution in [2.24, 2.45) is 0 Å². The Bertz CT molecular complexity index is 1160. The Morgan fingerprint density at radius 1 is 1.15 bits per heavy atom. The van der Waals surface area contributed by atoms with E-state index in [0.717, 1.165) is 16.7 Å². The van der Waals surface area contributed by atoms with Gasteiger partial charge in [0.15, 0.2) is 0 Å². The topological polar surface area (TPSA) is 112 Å². The van der Waals surface area contributed by atoms with Crippen LogP contribution in [0.1, 0.15) is 26.5 Å². The van der Waals surface area contributed by atoms with E-state index >= 15 is 0 Å². The van der Waals surface area contributed by atoms with Crippen LogP contribution in [0.4, 0.5) is 10.2 Å². The van der Waals surface area contributed by atoms with Gasteiger partial charge in [0.05, 0.1) is 22.5 Å². The van der Waals surface area contributed by atoms with Gasteiger partial charge in [0.25, 0.3) is 17.4 Å². The molecule has 3 N–H and O–H groups in total. The second-order valence-corrected chi connectivity index (χ2v) is 5.76. The largest absolute Gasteiger partial charge is 0.384 e. The molecule has 0 atom stereocenters. The first-order chi connectivity index (χ1) is 12.4. The molecule has 1 aliphatic rings. The van der Waals surface area contributed by atoms with Crippen LogP contribution in [-0.2, 0) is 0 Å². The molecular formula is C17H12FN5O3. The number of aryl methyl sites for hydroxylation is 1. The van der Waals surface area contributed by atoms with E-state index in [1.807, 2.05) is 0 Å². The van der Waals surface area contributed by atoms with Crippen LogP contribution in [0.2, 0.25) is 0 Å². The van der Waals surface area contributed by atoms with E-state index in [9.17, 15) is 18.8 Å². The molecule has 130 valence electrons. The third-order valence-corrected chi connectivity index (χ3v) is 4.23. The number of carbonyl (C=O) groups is 2. The lowest BCUT2D eigenvalue weighted by Crippen LogP contribution is -2.24. The van der Waals surface area contributed by atoms with Crippen LogP contribution in [0, 0.1) is 12.7 Å². The summed E-state index contributed by atoms with van der Waals surface area (Å²) in [6, 6.07) is 5.12. The van der Waals surface area contributed by atoms with Crippen molar-refractivity contribution in [2.75, 3.05) is 5.73 Å². The number of aromatic nitrogens is 3. The first-order valence-electron chi connectivity index (χ1n) is 7.60. The molecular weight excluding hydrogens is 341 g/mol. The Hall–Kier alpha value is -3.75. The first kappa shape index (κ1) is 15.8. The number of nitrogen functional groups attached to an aromatic ring is 1. The highest BCUT2D eigenvalue weighted by Gasteiger charge is 2.31. The molecule has 26 heavy (non-hydrogen) atoms. The lowest BCUT2D eigenvalue weighted by Gasteiger charge is -2.13. The van der Waals surface area contributed by atoms with E-state index in [1.165, 1.54) is 12.1 Å². The second kappa shape index (κ2) is 5.38. The Morgan fingerprint density at radius 2 is 1.92 bits per heavy atom. The lowest BCUT2D eigenvalue weighted by molar-refractivity contribution is 0.0880. The second-order valence-electron chi connectivity index (χ2n) is 5.76. The third-order valence-electron chi connectivity index (χ3n) is 4.23. The van der Waals surface area contributed by atoms with Crippen LogP contribution in [0.15, 0.2) is 41.5 Å². The number of anilines is 1. The van der Waals surface area contributed by atoms with Gasteiger partial charge in [-0.3, -0.25) is 24.3 Å². The number of hydrogen-bond acceptors (Lipinski definition) is 5. The Morgan fingerprint density at radius 3 is 2.58 bits per heavy atom. The number of hydrogen-bond donors (Lipinski definition) is 2. The van der Waals surface area contributed by atoms with Gasteiger partial charge in [0, 0.05) is 24.5 Å². The monoisotopic (exact) mass is 353 g/mol. The zero-order valence-electron chi connectivity index (χ0n) is 13.5. The maximum atomic E-state index is 14.6. The van der Waals surface area contributed by atoms with Crippen molar-refractivity contribution < 1.29 is 14.0 Å². The summed E-state index contributed by atoms with van der Waals surface area (Å²) in [6.07, 6.45) is 3.15. The van der Waals surface area contributed by atoms with Crippen molar-refractivity contribution in [3.63, 3.8) is 0 Å². The van der Waals surface area contributed by atoms with Crippen LogP contribution in [0.5, 0.6) is 0 Å². The number of halogens is 1. The van der Waals surface area contributed by atoms with Crippen molar-refractivity contribution >= 4 is 17.6 Å². The number of imidazole rings is 1. The van der Waals surface area contributed by atoms with Gasteiger partial charge >= 0.3 is 0 Å². The molecule has 3 heterocycles. The number of carbonyl (C=O) groups excluding carboxylic acids is 2. The number of nitrogens with two attached hydrogens (primary N) is 1. The standard InChI is InChI=1S/C17H12FN5O3/c1-8-20-4-5-22(8)12-3-2-9(6-11(12)18)23-13(24)7-10-14(15(23)19)17(26)21-16(10)25/h2-7H,19H2,1H3,(H,21,25,26). The summed E-state index contributed by atoms with van der Waals surface area (Å²) in [4.78, 5) is 40.0. The van der Waals surface area contributed by atoms with Gasteiger partial charge in [-0.2, -0.15) is 0 Å². The predicted octanol–water partition coefficient (Wildman–Crippen LogP) is 0.937. The van der Waals surface area contributed by atoms with Crippen molar-refractivity contribution in [2.45, 2.75) is 6.92 Å². The summed E-state index contributed by atoms with van der Waals surface area (Å²) >= 11 is 0. The fraction of sp³-hybridized carbons (Fsp3) is 0.0588. The number of amides is 2. The van der Waals surface area contributed by atoms with Crippen LogP contribution in [0.3, 0.4) is 0 Å². The SMILES string of the molecule is Cc1nccn1-c1ccc(-n2c(N)c3c(cc2=O)C(=O)NC3=O)cc1F. The van der Waals surface area contributed by atoms with E-state index in [4.69, 9.17) is 5.73 Å².